The molecule has 0 rings (SSSR count). The normalized spacial score (nSPS) is 13.4. The summed E-state index contributed by atoms with van der Waals surface area (Å²) >= 11 is 0. The van der Waals surface area contributed by atoms with Gasteiger partial charge in [0, 0.05) is 0 Å². The second kappa shape index (κ2) is 2.88. The fourth-order valence-electron chi connectivity index (χ4n) is 0.256. The summed E-state index contributed by atoms with van der Waals surface area (Å²) in [6, 6.07) is 0. The maximum absolute atomic E-state index is 11.6. The van der Waals surface area contributed by atoms with E-state index in [-0.39, 0.29) is 7.76 Å². The van der Waals surface area contributed by atoms with Crippen molar-refractivity contribution in [3.63, 3.8) is 0 Å². The molecule has 0 bridgehead atoms. The standard InChI is InChI=1S/C6H13BFO2/c1-5(2,9)6(3,4)10-7-8/h9H,1-4H3. The molecule has 0 atom stereocenters. The van der Waals surface area contributed by atoms with Crippen molar-refractivity contribution < 1.29 is 14.1 Å². The van der Waals surface area contributed by atoms with Crippen LogP contribution in [0.4, 0.5) is 4.32 Å². The Kier molecular flexibility index (Phi) is 2.86. The van der Waals surface area contributed by atoms with Gasteiger partial charge in [0.05, 0.1) is 11.2 Å². The van der Waals surface area contributed by atoms with Crippen LogP contribution < -0.4 is 0 Å². The monoisotopic (exact) mass is 147 g/mol. The van der Waals surface area contributed by atoms with Gasteiger partial charge in [-0.2, -0.15) is 0 Å². The van der Waals surface area contributed by atoms with E-state index in [4.69, 9.17) is 0 Å². The van der Waals surface area contributed by atoms with Crippen LogP contribution in [0.1, 0.15) is 27.7 Å². The Labute approximate surface area is 61.7 Å². The zero-order valence-corrected chi connectivity index (χ0v) is 6.81. The van der Waals surface area contributed by atoms with Gasteiger partial charge in [0.2, 0.25) is 0 Å². The third-order valence-corrected chi connectivity index (χ3v) is 1.81. The smallest absolute Gasteiger partial charge is 0.402 e. The first-order chi connectivity index (χ1) is 4.31. The summed E-state index contributed by atoms with van der Waals surface area (Å²) in [5, 5.41) is 9.36. The van der Waals surface area contributed by atoms with Gasteiger partial charge < -0.3 is 9.76 Å². The second-order valence-electron chi connectivity index (χ2n) is 3.28. The van der Waals surface area contributed by atoms with E-state index in [1.807, 2.05) is 0 Å². The lowest BCUT2D eigenvalue weighted by Crippen LogP contribution is -2.47. The average molecular weight is 147 g/mol. The summed E-state index contributed by atoms with van der Waals surface area (Å²) in [6.45, 7) is 6.36. The highest BCUT2D eigenvalue weighted by Crippen LogP contribution is 2.24. The molecule has 0 fully saturated rings. The van der Waals surface area contributed by atoms with Gasteiger partial charge in [-0.05, 0) is 27.7 Å². The molecule has 59 valence electrons. The number of hydrogen-bond acceptors (Lipinski definition) is 2. The van der Waals surface area contributed by atoms with Gasteiger partial charge in [0.25, 0.3) is 0 Å². The molecule has 4 heteroatoms. The number of halogens is 1. The quantitative estimate of drug-likeness (QED) is 0.604. The van der Waals surface area contributed by atoms with Crippen LogP contribution in [0.3, 0.4) is 0 Å². The molecule has 0 aliphatic rings. The second-order valence-corrected chi connectivity index (χ2v) is 3.28. The summed E-state index contributed by atoms with van der Waals surface area (Å²) < 4.78 is 16.1. The lowest BCUT2D eigenvalue weighted by atomic mass is 9.89. The van der Waals surface area contributed by atoms with Gasteiger partial charge in [-0.15, -0.1) is 0 Å². The SMILES string of the molecule is CC(C)(O)C(C)(C)O[B]F. The Morgan fingerprint density at radius 1 is 1.30 bits per heavy atom. The molecule has 1 N–H and O–H groups in total. The molecule has 0 aromatic heterocycles. The van der Waals surface area contributed by atoms with Crippen molar-refractivity contribution in [1.82, 2.24) is 0 Å². The Morgan fingerprint density at radius 2 is 1.70 bits per heavy atom. The summed E-state index contributed by atoms with van der Waals surface area (Å²) in [7, 11) is 0.0952. The Bertz CT molecular complexity index is 109. The zero-order valence-electron chi connectivity index (χ0n) is 6.81. The number of aliphatic hydroxyl groups is 1. The van der Waals surface area contributed by atoms with Crippen LogP contribution in [0.5, 0.6) is 0 Å². The molecule has 2 nitrogen and oxygen atoms in total. The van der Waals surface area contributed by atoms with E-state index in [1.54, 1.807) is 27.7 Å². The van der Waals surface area contributed by atoms with Gasteiger partial charge in [0.1, 0.15) is 0 Å². The molecule has 0 amide bonds. The minimum Gasteiger partial charge on any atom is -0.402 e. The van der Waals surface area contributed by atoms with Gasteiger partial charge in [-0.3, -0.25) is 4.32 Å². The van der Waals surface area contributed by atoms with E-state index in [0.717, 1.165) is 0 Å². The van der Waals surface area contributed by atoms with E-state index in [2.05, 4.69) is 4.65 Å². The van der Waals surface area contributed by atoms with Crippen LogP contribution in [0.25, 0.3) is 0 Å². The maximum atomic E-state index is 11.6. The zero-order chi connectivity index (χ0) is 8.41. The van der Waals surface area contributed by atoms with E-state index >= 15 is 0 Å². The largest absolute Gasteiger partial charge is 0.536 e. The van der Waals surface area contributed by atoms with Crippen molar-refractivity contribution in [3.8, 4) is 0 Å². The molecule has 0 saturated carbocycles. The first kappa shape index (κ1) is 9.91. The summed E-state index contributed by atoms with van der Waals surface area (Å²) in [6.07, 6.45) is 0. The average Bonchev–Trinajstić information content (AvgIpc) is 1.61. The number of rotatable bonds is 3. The van der Waals surface area contributed by atoms with Gasteiger partial charge in [-0.1, -0.05) is 0 Å². The molecular weight excluding hydrogens is 134 g/mol. The maximum Gasteiger partial charge on any atom is 0.536 e. The Morgan fingerprint density at radius 3 is 1.80 bits per heavy atom. The molecule has 0 aromatic rings. The fraction of sp³-hybridized carbons (Fsp3) is 1.00. The van der Waals surface area contributed by atoms with Crippen molar-refractivity contribution >= 4 is 7.76 Å². The predicted molar refractivity (Wildman–Crippen MR) is 38.3 cm³/mol. The van der Waals surface area contributed by atoms with Crippen molar-refractivity contribution in [2.24, 2.45) is 0 Å². The first-order valence-corrected chi connectivity index (χ1v) is 3.13. The first-order valence-electron chi connectivity index (χ1n) is 3.13. The third-order valence-electron chi connectivity index (χ3n) is 1.81. The van der Waals surface area contributed by atoms with Crippen LogP contribution in [-0.4, -0.2) is 24.1 Å². The highest BCUT2D eigenvalue weighted by Gasteiger charge is 2.35. The van der Waals surface area contributed by atoms with Crippen molar-refractivity contribution in [1.29, 1.82) is 0 Å². The van der Waals surface area contributed by atoms with E-state index in [1.165, 1.54) is 0 Å². The Balaban J connectivity index is 4.10. The molecular formula is C6H13BFO2. The van der Waals surface area contributed by atoms with Crippen LogP contribution in [0.2, 0.25) is 0 Å². The highest BCUT2D eigenvalue weighted by molar-refractivity contribution is 6.17. The predicted octanol–water partition coefficient (Wildman–Crippen LogP) is 1.06. The van der Waals surface area contributed by atoms with Crippen LogP contribution >= 0.6 is 0 Å². The minimum absolute atomic E-state index is 0.0952. The van der Waals surface area contributed by atoms with Crippen molar-refractivity contribution in [2.45, 2.75) is 38.9 Å². The van der Waals surface area contributed by atoms with Gasteiger partial charge in [-0.25, -0.2) is 0 Å². The van der Waals surface area contributed by atoms with Crippen LogP contribution in [0, 0.1) is 0 Å². The van der Waals surface area contributed by atoms with E-state index in [9.17, 15) is 9.42 Å². The summed E-state index contributed by atoms with van der Waals surface area (Å²) in [5.74, 6) is 0. The van der Waals surface area contributed by atoms with Gasteiger partial charge >= 0.3 is 7.76 Å². The molecule has 10 heavy (non-hydrogen) atoms. The molecule has 0 aliphatic carbocycles. The minimum atomic E-state index is -1.05. The summed E-state index contributed by atoms with van der Waals surface area (Å²) in [4.78, 5) is 0. The van der Waals surface area contributed by atoms with Crippen molar-refractivity contribution in [3.05, 3.63) is 0 Å². The Hall–Kier alpha value is -0.0851. The molecule has 0 unspecified atom stereocenters. The van der Waals surface area contributed by atoms with Crippen LogP contribution in [-0.2, 0) is 4.65 Å². The molecule has 0 heterocycles. The third kappa shape index (κ3) is 2.27. The molecule has 0 aromatic carbocycles. The fourth-order valence-corrected chi connectivity index (χ4v) is 0.256. The van der Waals surface area contributed by atoms with Crippen LogP contribution in [0.15, 0.2) is 0 Å². The molecule has 1 radical (unpaired) electrons. The van der Waals surface area contributed by atoms with Crippen molar-refractivity contribution in [2.75, 3.05) is 0 Å². The lowest BCUT2D eigenvalue weighted by Gasteiger charge is -2.36. The molecule has 0 spiro atoms. The molecule has 0 saturated heterocycles. The number of hydrogen-bond donors (Lipinski definition) is 1. The highest BCUT2D eigenvalue weighted by atomic mass is 19.1. The van der Waals surface area contributed by atoms with E-state index in [0.29, 0.717) is 0 Å². The van der Waals surface area contributed by atoms with E-state index < -0.39 is 11.2 Å². The topological polar surface area (TPSA) is 29.5 Å². The lowest BCUT2D eigenvalue weighted by molar-refractivity contribution is -0.0934. The van der Waals surface area contributed by atoms with Gasteiger partial charge in [0.15, 0.2) is 0 Å². The summed E-state index contributed by atoms with van der Waals surface area (Å²) in [5.41, 5.74) is -1.93. The molecule has 0 aliphatic heterocycles.